The molecular formula is C17H24BrNO3. The fraction of sp³-hybridized carbons (Fsp3) is 0.588. The van der Waals surface area contributed by atoms with Gasteiger partial charge in [-0.2, -0.15) is 0 Å². The van der Waals surface area contributed by atoms with Gasteiger partial charge in [-0.3, -0.25) is 9.69 Å². The normalized spacial score (nSPS) is 22.8. The molecule has 122 valence electrons. The molecule has 1 aliphatic heterocycles. The Morgan fingerprint density at radius 1 is 1.36 bits per heavy atom. The van der Waals surface area contributed by atoms with Crippen LogP contribution in [0.2, 0.25) is 0 Å². The predicted octanol–water partition coefficient (Wildman–Crippen LogP) is 2.80. The van der Waals surface area contributed by atoms with E-state index in [9.17, 15) is 9.90 Å². The van der Waals surface area contributed by atoms with Gasteiger partial charge in [-0.05, 0) is 38.5 Å². The van der Waals surface area contributed by atoms with Crippen molar-refractivity contribution < 1.29 is 14.6 Å². The molecule has 2 rings (SSSR count). The average Bonchev–Trinajstić information content (AvgIpc) is 2.81. The Bertz CT molecular complexity index is 510. The number of rotatable bonds is 5. The van der Waals surface area contributed by atoms with Gasteiger partial charge in [0.15, 0.2) is 0 Å². The molecule has 1 fully saturated rings. The summed E-state index contributed by atoms with van der Waals surface area (Å²) in [5, 5.41) is 10.0. The smallest absolute Gasteiger partial charge is 0.310 e. The monoisotopic (exact) mass is 369 g/mol. The van der Waals surface area contributed by atoms with Gasteiger partial charge in [0, 0.05) is 30.0 Å². The minimum Gasteiger partial charge on any atom is -0.466 e. The Balaban J connectivity index is 2.19. The van der Waals surface area contributed by atoms with E-state index in [1.807, 2.05) is 19.1 Å². The maximum atomic E-state index is 12.3. The van der Waals surface area contributed by atoms with Crippen LogP contribution >= 0.6 is 15.9 Å². The lowest BCUT2D eigenvalue weighted by molar-refractivity contribution is -0.148. The molecule has 0 aliphatic carbocycles. The van der Waals surface area contributed by atoms with Gasteiger partial charge in [-0.25, -0.2) is 0 Å². The van der Waals surface area contributed by atoms with Gasteiger partial charge in [0.25, 0.3) is 0 Å². The standard InChI is InChI=1S/C17H24BrNO3/c1-4-22-16(20)15-10-19(11-17(2,3)21)9-14(15)12-5-7-13(18)8-6-12/h5-8,14-15,21H,4,9-11H2,1-3H3. The summed E-state index contributed by atoms with van der Waals surface area (Å²) in [6, 6.07) is 8.09. The molecule has 4 nitrogen and oxygen atoms in total. The SMILES string of the molecule is CCOC(=O)C1CN(CC(C)(C)O)CC1c1ccc(Br)cc1. The predicted molar refractivity (Wildman–Crippen MR) is 89.7 cm³/mol. The van der Waals surface area contributed by atoms with E-state index in [1.54, 1.807) is 13.8 Å². The maximum absolute atomic E-state index is 12.3. The van der Waals surface area contributed by atoms with Gasteiger partial charge in [0.05, 0.1) is 18.1 Å². The third-order valence-corrected chi connectivity index (χ3v) is 4.42. The van der Waals surface area contributed by atoms with Crippen LogP contribution in [0.1, 0.15) is 32.3 Å². The Morgan fingerprint density at radius 3 is 2.55 bits per heavy atom. The molecule has 0 aromatic heterocycles. The highest BCUT2D eigenvalue weighted by molar-refractivity contribution is 9.10. The third-order valence-electron chi connectivity index (χ3n) is 3.89. The van der Waals surface area contributed by atoms with Crippen LogP contribution in [-0.2, 0) is 9.53 Å². The zero-order valence-electron chi connectivity index (χ0n) is 13.4. The zero-order valence-corrected chi connectivity index (χ0v) is 15.0. The molecule has 0 bridgehead atoms. The van der Waals surface area contributed by atoms with Crippen molar-refractivity contribution in [2.45, 2.75) is 32.3 Å². The van der Waals surface area contributed by atoms with Crippen molar-refractivity contribution in [1.29, 1.82) is 0 Å². The number of carbonyl (C=O) groups is 1. The lowest BCUT2D eigenvalue weighted by Gasteiger charge is -2.25. The van der Waals surface area contributed by atoms with Crippen molar-refractivity contribution in [3.8, 4) is 0 Å². The summed E-state index contributed by atoms with van der Waals surface area (Å²) in [6.45, 7) is 7.75. The molecule has 5 heteroatoms. The van der Waals surface area contributed by atoms with E-state index in [2.05, 4.69) is 33.0 Å². The van der Waals surface area contributed by atoms with Crippen LogP contribution in [0.25, 0.3) is 0 Å². The molecule has 2 atom stereocenters. The molecule has 2 unspecified atom stereocenters. The molecule has 0 saturated carbocycles. The van der Waals surface area contributed by atoms with Gasteiger partial charge in [0.1, 0.15) is 0 Å². The fourth-order valence-corrected chi connectivity index (χ4v) is 3.36. The van der Waals surface area contributed by atoms with E-state index in [4.69, 9.17) is 4.74 Å². The van der Waals surface area contributed by atoms with Crippen LogP contribution in [0.15, 0.2) is 28.7 Å². The van der Waals surface area contributed by atoms with Gasteiger partial charge < -0.3 is 9.84 Å². The van der Waals surface area contributed by atoms with Crippen LogP contribution in [0, 0.1) is 5.92 Å². The molecular weight excluding hydrogens is 346 g/mol. The molecule has 1 saturated heterocycles. The minimum absolute atomic E-state index is 0.106. The minimum atomic E-state index is -0.770. The number of hydrogen-bond donors (Lipinski definition) is 1. The number of benzene rings is 1. The third kappa shape index (κ3) is 4.54. The molecule has 1 heterocycles. The van der Waals surface area contributed by atoms with Crippen molar-refractivity contribution in [3.63, 3.8) is 0 Å². The zero-order chi connectivity index (χ0) is 16.3. The highest BCUT2D eigenvalue weighted by Crippen LogP contribution is 2.34. The second-order valence-corrected chi connectivity index (χ2v) is 7.44. The number of nitrogens with zero attached hydrogens (tertiary/aromatic N) is 1. The number of esters is 1. The number of hydrogen-bond acceptors (Lipinski definition) is 4. The van der Waals surface area contributed by atoms with Crippen LogP contribution in [0.5, 0.6) is 0 Å². The number of β-amino-alcohol motifs (C(OH)–C–C–N with tert-alkyl or cyclic N) is 1. The van der Waals surface area contributed by atoms with Gasteiger partial charge >= 0.3 is 5.97 Å². The van der Waals surface area contributed by atoms with Crippen LogP contribution < -0.4 is 0 Å². The lowest BCUT2D eigenvalue weighted by Crippen LogP contribution is -2.37. The first-order valence-electron chi connectivity index (χ1n) is 7.67. The van der Waals surface area contributed by atoms with Gasteiger partial charge in [-0.15, -0.1) is 0 Å². The van der Waals surface area contributed by atoms with E-state index in [-0.39, 0.29) is 17.8 Å². The van der Waals surface area contributed by atoms with Crippen molar-refractivity contribution >= 4 is 21.9 Å². The first-order chi connectivity index (χ1) is 10.3. The number of carbonyl (C=O) groups excluding carboxylic acids is 1. The molecule has 22 heavy (non-hydrogen) atoms. The molecule has 1 N–H and O–H groups in total. The molecule has 1 aromatic carbocycles. The average molecular weight is 370 g/mol. The maximum Gasteiger partial charge on any atom is 0.310 e. The second-order valence-electron chi connectivity index (χ2n) is 6.52. The van der Waals surface area contributed by atoms with Crippen molar-refractivity contribution in [2.24, 2.45) is 5.92 Å². The first-order valence-corrected chi connectivity index (χ1v) is 8.46. The number of halogens is 1. The largest absolute Gasteiger partial charge is 0.466 e. The lowest BCUT2D eigenvalue weighted by atomic mass is 9.89. The summed E-state index contributed by atoms with van der Waals surface area (Å²) in [4.78, 5) is 14.4. The number of aliphatic hydroxyl groups is 1. The summed E-state index contributed by atoms with van der Waals surface area (Å²) in [7, 11) is 0. The van der Waals surface area contributed by atoms with Crippen molar-refractivity contribution in [2.75, 3.05) is 26.2 Å². The second kappa shape index (κ2) is 7.11. The van der Waals surface area contributed by atoms with Gasteiger partial charge in [0.2, 0.25) is 0 Å². The molecule has 0 radical (unpaired) electrons. The van der Waals surface area contributed by atoms with E-state index in [1.165, 1.54) is 0 Å². The summed E-state index contributed by atoms with van der Waals surface area (Å²) in [5.74, 6) is -0.216. The summed E-state index contributed by atoms with van der Waals surface area (Å²) >= 11 is 3.44. The highest BCUT2D eigenvalue weighted by Gasteiger charge is 2.40. The van der Waals surface area contributed by atoms with Crippen LogP contribution in [-0.4, -0.2) is 47.8 Å². The van der Waals surface area contributed by atoms with Crippen LogP contribution in [0.3, 0.4) is 0 Å². The molecule has 0 amide bonds. The van der Waals surface area contributed by atoms with Gasteiger partial charge in [-0.1, -0.05) is 28.1 Å². The van der Waals surface area contributed by atoms with E-state index >= 15 is 0 Å². The molecule has 1 aliphatic rings. The van der Waals surface area contributed by atoms with Crippen LogP contribution in [0.4, 0.5) is 0 Å². The fourth-order valence-electron chi connectivity index (χ4n) is 3.10. The summed E-state index contributed by atoms with van der Waals surface area (Å²) < 4.78 is 6.27. The van der Waals surface area contributed by atoms with E-state index in [0.717, 1.165) is 16.6 Å². The Kier molecular flexibility index (Phi) is 5.64. The highest BCUT2D eigenvalue weighted by atomic mass is 79.9. The van der Waals surface area contributed by atoms with E-state index in [0.29, 0.717) is 19.7 Å². The Morgan fingerprint density at radius 2 is 2.00 bits per heavy atom. The topological polar surface area (TPSA) is 49.8 Å². The summed E-state index contributed by atoms with van der Waals surface area (Å²) in [5.41, 5.74) is 0.368. The van der Waals surface area contributed by atoms with Crippen molar-refractivity contribution in [1.82, 2.24) is 4.90 Å². The number of ether oxygens (including phenoxy) is 1. The quantitative estimate of drug-likeness (QED) is 0.810. The Labute approximate surface area is 140 Å². The summed E-state index contributed by atoms with van der Waals surface area (Å²) in [6.07, 6.45) is 0. The van der Waals surface area contributed by atoms with E-state index < -0.39 is 5.60 Å². The van der Waals surface area contributed by atoms with Crippen molar-refractivity contribution in [3.05, 3.63) is 34.3 Å². The Hall–Kier alpha value is -0.910. The molecule has 0 spiro atoms. The number of likely N-dealkylation sites (tertiary alicyclic amines) is 1. The first kappa shape index (κ1) is 17.4. The molecule has 1 aromatic rings.